The molecular weight excluding hydrogens is 462 g/mol. The summed E-state index contributed by atoms with van der Waals surface area (Å²) in [7, 11) is -10.3. The van der Waals surface area contributed by atoms with Crippen LogP contribution in [0.4, 0.5) is 0 Å². The molecule has 12 heteroatoms. The third kappa shape index (κ3) is 568. The summed E-state index contributed by atoms with van der Waals surface area (Å²) in [6.07, 6.45) is 0. The van der Waals surface area contributed by atoms with Crippen LogP contribution in [0.25, 0.3) is 0 Å². The van der Waals surface area contributed by atoms with Gasteiger partial charge >= 0.3 is 25.8 Å². The fourth-order valence-electron chi connectivity index (χ4n) is 0. The Kier molecular flexibility index (Phi) is 17.7. The van der Waals surface area contributed by atoms with Crippen molar-refractivity contribution >= 4 is 20.8 Å². The average Bonchev–Trinajstić information content (AvgIpc) is 1.12. The predicted molar refractivity (Wildman–Crippen MR) is 20.9 cm³/mol. The fourth-order valence-corrected chi connectivity index (χ4v) is 0. The van der Waals surface area contributed by atoms with E-state index in [9.17, 15) is 0 Å². The third-order valence-corrected chi connectivity index (χ3v) is 0. The molecule has 0 heterocycles. The minimum absolute atomic E-state index is 0. The monoisotopic (exact) mass is 462 g/mol. The van der Waals surface area contributed by atoms with Gasteiger partial charge in [0.1, 0.15) is 0 Å². The molecule has 0 aromatic carbocycles. The SMILES string of the molecule is O=S(=O)([O-])[O-].O=S(=O)([O-])[O-].[Hf+4].[Zr]. The molecular formula is HfO8S2Zr. The summed E-state index contributed by atoms with van der Waals surface area (Å²) < 4.78 is 68.2. The van der Waals surface area contributed by atoms with Crippen LogP contribution >= 0.6 is 0 Å². The van der Waals surface area contributed by atoms with Gasteiger partial charge in [-0.05, 0) is 0 Å². The molecule has 0 saturated carbocycles. The van der Waals surface area contributed by atoms with Gasteiger partial charge in [0, 0.05) is 47.0 Å². The van der Waals surface area contributed by atoms with Crippen molar-refractivity contribution < 1.29 is 87.1 Å². The van der Waals surface area contributed by atoms with Crippen LogP contribution < -0.4 is 0 Å². The van der Waals surface area contributed by atoms with E-state index in [1.807, 2.05) is 0 Å². The Labute approximate surface area is 107 Å². The van der Waals surface area contributed by atoms with E-state index in [0.29, 0.717) is 0 Å². The number of rotatable bonds is 0. The molecule has 0 radical (unpaired) electrons. The molecule has 0 aliphatic carbocycles. The van der Waals surface area contributed by atoms with Crippen LogP contribution in [-0.2, 0) is 72.8 Å². The summed E-state index contributed by atoms with van der Waals surface area (Å²) in [5, 5.41) is 0. The first kappa shape index (κ1) is 23.4. The summed E-state index contributed by atoms with van der Waals surface area (Å²) in [6.45, 7) is 0. The van der Waals surface area contributed by atoms with Gasteiger partial charge in [-0.15, -0.1) is 0 Å². The second-order valence-corrected chi connectivity index (χ2v) is 2.45. The van der Waals surface area contributed by atoms with Gasteiger partial charge in [-0.1, -0.05) is 0 Å². The molecule has 0 aromatic rings. The zero-order valence-corrected chi connectivity index (χ0v) is 12.8. The van der Waals surface area contributed by atoms with Crippen LogP contribution in [-0.4, -0.2) is 35.0 Å². The summed E-state index contributed by atoms with van der Waals surface area (Å²) in [4.78, 5) is 0. The molecule has 0 unspecified atom stereocenters. The first-order chi connectivity index (χ1) is 4.00. The molecule has 0 rings (SSSR count). The fraction of sp³-hybridized carbons (Fsp3) is 0. The molecule has 8 nitrogen and oxygen atoms in total. The van der Waals surface area contributed by atoms with Gasteiger partial charge in [0.2, 0.25) is 0 Å². The quantitative estimate of drug-likeness (QED) is 0.214. The smallest absolute Gasteiger partial charge is 0.759 e. The molecule has 0 fully saturated rings. The van der Waals surface area contributed by atoms with Crippen molar-refractivity contribution in [2.75, 3.05) is 0 Å². The molecule has 0 spiro atoms. The minimum atomic E-state index is -5.17. The van der Waals surface area contributed by atoms with Crippen molar-refractivity contribution in [2.45, 2.75) is 0 Å². The van der Waals surface area contributed by atoms with Crippen molar-refractivity contribution in [3.05, 3.63) is 0 Å². The van der Waals surface area contributed by atoms with Gasteiger partial charge in [-0.3, -0.25) is 16.8 Å². The normalized spacial score (nSPS) is 9.67. The largest absolute Gasteiger partial charge is 4.00 e. The van der Waals surface area contributed by atoms with E-state index in [4.69, 9.17) is 35.0 Å². The van der Waals surface area contributed by atoms with Crippen LogP contribution in [0.2, 0.25) is 0 Å². The molecule has 12 heavy (non-hydrogen) atoms. The van der Waals surface area contributed by atoms with Crippen molar-refractivity contribution in [1.82, 2.24) is 0 Å². The van der Waals surface area contributed by atoms with E-state index in [-0.39, 0.29) is 52.0 Å². The topological polar surface area (TPSA) is 161 Å². The number of hydrogen-bond acceptors (Lipinski definition) is 8. The van der Waals surface area contributed by atoms with Gasteiger partial charge in [0.05, 0.1) is 0 Å². The molecule has 0 aliphatic heterocycles. The molecule has 0 aromatic heterocycles. The first-order valence-corrected chi connectivity index (χ1v) is 4.00. The van der Waals surface area contributed by atoms with E-state index in [1.165, 1.54) is 0 Å². The van der Waals surface area contributed by atoms with E-state index in [2.05, 4.69) is 0 Å². The van der Waals surface area contributed by atoms with E-state index in [0.717, 1.165) is 0 Å². The Morgan fingerprint density at radius 1 is 0.667 bits per heavy atom. The number of hydrogen-bond donors (Lipinski definition) is 0. The molecule has 0 saturated heterocycles. The van der Waals surface area contributed by atoms with Crippen molar-refractivity contribution in [2.24, 2.45) is 0 Å². The molecule has 0 N–H and O–H groups in total. The maximum Gasteiger partial charge on any atom is 4.00 e. The van der Waals surface area contributed by atoms with Crippen LogP contribution in [0.5, 0.6) is 0 Å². The summed E-state index contributed by atoms with van der Waals surface area (Å²) in [5.74, 6) is 0. The van der Waals surface area contributed by atoms with Crippen LogP contribution in [0.3, 0.4) is 0 Å². The van der Waals surface area contributed by atoms with E-state index < -0.39 is 20.8 Å². The predicted octanol–water partition coefficient (Wildman–Crippen LogP) is -2.68. The Morgan fingerprint density at radius 3 is 0.667 bits per heavy atom. The van der Waals surface area contributed by atoms with Gasteiger partial charge < -0.3 is 18.2 Å². The maximum absolute atomic E-state index is 8.52. The standard InChI is InChI=1S/Hf.2H2O4S.Zr/c;2*1-5(2,3)4;/h;2*(H2,1,2,3,4);/q+4;;;/p-4. The van der Waals surface area contributed by atoms with Gasteiger partial charge in [0.25, 0.3) is 0 Å². The van der Waals surface area contributed by atoms with Gasteiger partial charge in [-0.25, -0.2) is 0 Å². The maximum atomic E-state index is 8.52. The first-order valence-electron chi connectivity index (χ1n) is 1.33. The second kappa shape index (κ2) is 9.06. The van der Waals surface area contributed by atoms with Crippen molar-refractivity contribution in [1.29, 1.82) is 0 Å². The van der Waals surface area contributed by atoms with Crippen LogP contribution in [0.1, 0.15) is 0 Å². The van der Waals surface area contributed by atoms with Crippen LogP contribution in [0, 0.1) is 0 Å². The molecule has 0 bridgehead atoms. The summed E-state index contributed by atoms with van der Waals surface area (Å²) in [6, 6.07) is 0. The zero-order chi connectivity index (χ0) is 9.00. The molecule has 68 valence electrons. The van der Waals surface area contributed by atoms with Crippen molar-refractivity contribution in [3.63, 3.8) is 0 Å². The second-order valence-electron chi connectivity index (χ2n) is 0.816. The van der Waals surface area contributed by atoms with Crippen molar-refractivity contribution in [3.8, 4) is 0 Å². The summed E-state index contributed by atoms with van der Waals surface area (Å²) in [5.41, 5.74) is 0. The van der Waals surface area contributed by atoms with E-state index >= 15 is 0 Å². The zero-order valence-electron chi connectivity index (χ0n) is 5.08. The minimum Gasteiger partial charge on any atom is -0.759 e. The Morgan fingerprint density at radius 2 is 0.667 bits per heavy atom. The van der Waals surface area contributed by atoms with Gasteiger partial charge in [0.15, 0.2) is 0 Å². The van der Waals surface area contributed by atoms with E-state index in [1.54, 1.807) is 0 Å². The third-order valence-electron chi connectivity index (χ3n) is 0. The Bertz CT molecular complexity index is 213. The van der Waals surface area contributed by atoms with Gasteiger partial charge in [-0.2, -0.15) is 0 Å². The molecule has 0 atom stereocenters. The summed E-state index contributed by atoms with van der Waals surface area (Å²) >= 11 is 0. The van der Waals surface area contributed by atoms with Crippen LogP contribution in [0.15, 0.2) is 0 Å². The molecule has 0 amide bonds. The Balaban J connectivity index is -0.0000000457. The molecule has 0 aliphatic rings. The average molecular weight is 462 g/mol. The Hall–Kier alpha value is 1.49.